The fraction of sp³-hybridized carbons (Fsp3) is 0.588. The summed E-state index contributed by atoms with van der Waals surface area (Å²) in [6.07, 6.45) is 6.46. The van der Waals surface area contributed by atoms with Gasteiger partial charge in [0.1, 0.15) is 5.75 Å². The van der Waals surface area contributed by atoms with Gasteiger partial charge in [0, 0.05) is 6.04 Å². The maximum atomic E-state index is 5.46. The van der Waals surface area contributed by atoms with E-state index in [1.165, 1.54) is 37.7 Å². The Balaban J connectivity index is 1.82. The van der Waals surface area contributed by atoms with Crippen LogP contribution in [0.15, 0.2) is 24.3 Å². The van der Waals surface area contributed by atoms with Gasteiger partial charge in [-0.1, -0.05) is 31.4 Å². The van der Waals surface area contributed by atoms with Crippen molar-refractivity contribution in [1.29, 1.82) is 0 Å². The van der Waals surface area contributed by atoms with Gasteiger partial charge in [0.2, 0.25) is 0 Å². The number of benzene rings is 1. The summed E-state index contributed by atoms with van der Waals surface area (Å²) in [5.74, 6) is 0.913. The van der Waals surface area contributed by atoms with Crippen molar-refractivity contribution in [3.05, 3.63) is 29.8 Å². The third-order valence-corrected chi connectivity index (χ3v) is 4.21. The molecule has 2 N–H and O–H groups in total. The van der Waals surface area contributed by atoms with E-state index in [1.807, 2.05) is 19.1 Å². The number of rotatable bonds is 5. The van der Waals surface area contributed by atoms with Crippen LogP contribution in [0.3, 0.4) is 0 Å². The molecule has 0 aliphatic heterocycles. The van der Waals surface area contributed by atoms with Gasteiger partial charge in [-0.2, -0.15) is 0 Å². The maximum Gasteiger partial charge on any atom is 0.166 e. The highest BCUT2D eigenvalue weighted by molar-refractivity contribution is 7.80. The molecule has 4 heteroatoms. The highest BCUT2D eigenvalue weighted by atomic mass is 32.1. The summed E-state index contributed by atoms with van der Waals surface area (Å²) in [6.45, 7) is 4.82. The van der Waals surface area contributed by atoms with Crippen molar-refractivity contribution in [2.75, 3.05) is 6.61 Å². The van der Waals surface area contributed by atoms with Crippen molar-refractivity contribution < 1.29 is 4.74 Å². The van der Waals surface area contributed by atoms with Gasteiger partial charge < -0.3 is 15.4 Å². The monoisotopic (exact) mass is 306 g/mol. The molecular weight excluding hydrogens is 280 g/mol. The second-order valence-corrected chi connectivity index (χ2v) is 6.08. The number of hydrogen-bond donors (Lipinski definition) is 2. The van der Waals surface area contributed by atoms with Gasteiger partial charge in [-0.3, -0.25) is 0 Å². The van der Waals surface area contributed by atoms with E-state index < -0.39 is 0 Å². The van der Waals surface area contributed by atoms with Crippen molar-refractivity contribution in [2.45, 2.75) is 58.0 Å². The molecule has 2 rings (SSSR count). The zero-order valence-corrected chi connectivity index (χ0v) is 13.8. The zero-order chi connectivity index (χ0) is 15.1. The summed E-state index contributed by atoms with van der Waals surface area (Å²) in [5, 5.41) is 7.59. The molecule has 116 valence electrons. The maximum absolute atomic E-state index is 5.46. The standard InChI is InChI=1S/C17H26N2OS/c1-3-20-16-11-9-14(10-12-16)13(2)18-17(21)19-15-7-5-4-6-8-15/h9-13,15H,3-8H2,1-2H3,(H2,18,19,21)/t13-/m0/s1. The molecule has 0 aromatic heterocycles. The SMILES string of the molecule is CCOc1ccc([C@H](C)NC(=S)NC2CCCCC2)cc1. The minimum absolute atomic E-state index is 0.198. The fourth-order valence-corrected chi connectivity index (χ4v) is 3.12. The molecule has 3 nitrogen and oxygen atoms in total. The Morgan fingerprint density at radius 2 is 1.90 bits per heavy atom. The Hall–Kier alpha value is -1.29. The van der Waals surface area contributed by atoms with E-state index >= 15 is 0 Å². The molecule has 1 aromatic rings. The van der Waals surface area contributed by atoms with Crippen LogP contribution in [0.1, 0.15) is 57.6 Å². The lowest BCUT2D eigenvalue weighted by Crippen LogP contribution is -2.43. The molecule has 0 amide bonds. The van der Waals surface area contributed by atoms with E-state index in [0.717, 1.165) is 10.9 Å². The summed E-state index contributed by atoms with van der Waals surface area (Å²) < 4.78 is 5.46. The van der Waals surface area contributed by atoms with Crippen LogP contribution in [0.2, 0.25) is 0 Å². The molecule has 0 radical (unpaired) electrons. The summed E-state index contributed by atoms with van der Waals surface area (Å²) in [7, 11) is 0. The predicted molar refractivity (Wildman–Crippen MR) is 91.8 cm³/mol. The van der Waals surface area contributed by atoms with E-state index in [9.17, 15) is 0 Å². The highest BCUT2D eigenvalue weighted by Gasteiger charge is 2.15. The molecule has 21 heavy (non-hydrogen) atoms. The minimum atomic E-state index is 0.198. The van der Waals surface area contributed by atoms with Crippen LogP contribution >= 0.6 is 12.2 Å². The van der Waals surface area contributed by atoms with Crippen LogP contribution in [0.4, 0.5) is 0 Å². The molecule has 1 aromatic carbocycles. The van der Waals surface area contributed by atoms with Gasteiger partial charge >= 0.3 is 0 Å². The lowest BCUT2D eigenvalue weighted by Gasteiger charge is -2.26. The van der Waals surface area contributed by atoms with Crippen molar-refractivity contribution in [2.24, 2.45) is 0 Å². The van der Waals surface area contributed by atoms with Crippen LogP contribution in [-0.2, 0) is 0 Å². The van der Waals surface area contributed by atoms with Gasteiger partial charge in [0.05, 0.1) is 12.6 Å². The van der Waals surface area contributed by atoms with Crippen LogP contribution in [0.5, 0.6) is 5.75 Å². The lowest BCUT2D eigenvalue weighted by molar-refractivity contribution is 0.340. The third kappa shape index (κ3) is 5.20. The van der Waals surface area contributed by atoms with Crippen molar-refractivity contribution >= 4 is 17.3 Å². The minimum Gasteiger partial charge on any atom is -0.494 e. The fourth-order valence-electron chi connectivity index (χ4n) is 2.77. The van der Waals surface area contributed by atoms with Crippen molar-refractivity contribution in [1.82, 2.24) is 10.6 Å². The first-order valence-corrected chi connectivity index (χ1v) is 8.39. The number of nitrogens with one attached hydrogen (secondary N) is 2. The first kappa shape index (κ1) is 16.1. The van der Waals surface area contributed by atoms with Gasteiger partial charge in [-0.25, -0.2) is 0 Å². The van der Waals surface area contributed by atoms with Gasteiger partial charge in [0.25, 0.3) is 0 Å². The number of ether oxygens (including phenoxy) is 1. The zero-order valence-electron chi connectivity index (χ0n) is 13.0. The Labute approximate surface area is 133 Å². The Morgan fingerprint density at radius 1 is 1.24 bits per heavy atom. The van der Waals surface area contributed by atoms with Crippen LogP contribution in [0.25, 0.3) is 0 Å². The molecule has 1 atom stereocenters. The van der Waals surface area contributed by atoms with E-state index in [2.05, 4.69) is 29.7 Å². The molecule has 1 aliphatic rings. The average molecular weight is 306 g/mol. The third-order valence-electron chi connectivity index (χ3n) is 3.98. The predicted octanol–water partition coefficient (Wildman–Crippen LogP) is 3.94. The van der Waals surface area contributed by atoms with E-state index in [4.69, 9.17) is 17.0 Å². The summed E-state index contributed by atoms with van der Waals surface area (Å²) >= 11 is 5.43. The van der Waals surface area contributed by atoms with E-state index in [-0.39, 0.29) is 6.04 Å². The molecule has 0 spiro atoms. The summed E-state index contributed by atoms with van der Waals surface area (Å²) in [5.41, 5.74) is 1.21. The number of hydrogen-bond acceptors (Lipinski definition) is 2. The van der Waals surface area contributed by atoms with Gasteiger partial charge in [-0.15, -0.1) is 0 Å². The second-order valence-electron chi connectivity index (χ2n) is 5.68. The average Bonchev–Trinajstić information content (AvgIpc) is 2.49. The Bertz CT molecular complexity index is 441. The summed E-state index contributed by atoms with van der Waals surface area (Å²) in [4.78, 5) is 0. The lowest BCUT2D eigenvalue weighted by atomic mass is 9.96. The molecule has 1 fully saturated rings. The topological polar surface area (TPSA) is 33.3 Å². The van der Waals surface area contributed by atoms with Crippen LogP contribution in [-0.4, -0.2) is 17.8 Å². The Morgan fingerprint density at radius 3 is 2.52 bits per heavy atom. The normalized spacial score (nSPS) is 17.0. The van der Waals surface area contributed by atoms with E-state index in [0.29, 0.717) is 12.6 Å². The Kier molecular flexibility index (Phi) is 6.30. The molecule has 0 unspecified atom stereocenters. The van der Waals surface area contributed by atoms with Crippen LogP contribution < -0.4 is 15.4 Å². The first-order valence-electron chi connectivity index (χ1n) is 7.99. The molecule has 0 heterocycles. The smallest absolute Gasteiger partial charge is 0.166 e. The van der Waals surface area contributed by atoms with E-state index in [1.54, 1.807) is 0 Å². The molecule has 1 aliphatic carbocycles. The highest BCUT2D eigenvalue weighted by Crippen LogP contribution is 2.19. The molecule has 1 saturated carbocycles. The van der Waals surface area contributed by atoms with Crippen molar-refractivity contribution in [3.8, 4) is 5.75 Å². The summed E-state index contributed by atoms with van der Waals surface area (Å²) in [6, 6.07) is 8.94. The van der Waals surface area contributed by atoms with Gasteiger partial charge in [-0.05, 0) is 56.6 Å². The first-order chi connectivity index (χ1) is 10.2. The molecule has 0 saturated heterocycles. The largest absolute Gasteiger partial charge is 0.494 e. The van der Waals surface area contributed by atoms with Crippen LogP contribution in [0, 0.1) is 0 Å². The number of thiocarbonyl (C=S) groups is 1. The molecular formula is C17H26N2OS. The molecule has 0 bridgehead atoms. The van der Waals surface area contributed by atoms with Crippen molar-refractivity contribution in [3.63, 3.8) is 0 Å². The second kappa shape index (κ2) is 8.23. The van der Waals surface area contributed by atoms with Gasteiger partial charge in [0.15, 0.2) is 5.11 Å². The quantitative estimate of drug-likeness (QED) is 0.807.